The molecule has 1 spiro atoms. The number of nitrogens with zero attached hydrogens (tertiary/aromatic N) is 3. The van der Waals surface area contributed by atoms with Crippen LogP contribution in [0, 0.1) is 5.92 Å². The van der Waals surface area contributed by atoms with Crippen LogP contribution >= 0.6 is 0 Å². The predicted molar refractivity (Wildman–Crippen MR) is 113 cm³/mol. The van der Waals surface area contributed by atoms with Crippen molar-refractivity contribution >= 4 is 11.9 Å². The lowest BCUT2D eigenvalue weighted by Gasteiger charge is -2.50. The Bertz CT molecular complexity index is 977. The van der Waals surface area contributed by atoms with Crippen molar-refractivity contribution in [2.75, 3.05) is 26.3 Å². The van der Waals surface area contributed by atoms with Gasteiger partial charge in [-0.25, -0.2) is 14.6 Å². The van der Waals surface area contributed by atoms with E-state index in [0.29, 0.717) is 18.4 Å². The Morgan fingerprint density at radius 1 is 1.03 bits per heavy atom. The minimum Gasteiger partial charge on any atom is -0.477 e. The Morgan fingerprint density at radius 2 is 1.65 bits per heavy atom. The summed E-state index contributed by atoms with van der Waals surface area (Å²) in [7, 11) is 0. The summed E-state index contributed by atoms with van der Waals surface area (Å²) in [5, 5.41) is 14.2. The molecule has 15 heteroatoms. The molecule has 2 aliphatic heterocycles. The highest BCUT2D eigenvalue weighted by molar-refractivity contribution is 5.73. The molecule has 4 rings (SSSR count). The quantitative estimate of drug-likeness (QED) is 0.551. The van der Waals surface area contributed by atoms with E-state index in [1.54, 1.807) is 6.20 Å². The van der Waals surface area contributed by atoms with E-state index < -0.39 is 24.3 Å². The van der Waals surface area contributed by atoms with E-state index in [4.69, 9.17) is 29.3 Å². The number of aromatic nitrogens is 2. The summed E-state index contributed by atoms with van der Waals surface area (Å²) >= 11 is 0. The van der Waals surface area contributed by atoms with Crippen LogP contribution in [0.2, 0.25) is 0 Å². The van der Waals surface area contributed by atoms with Crippen molar-refractivity contribution in [1.82, 2.24) is 14.9 Å². The van der Waals surface area contributed by atoms with Gasteiger partial charge in [-0.05, 0) is 24.1 Å². The first-order chi connectivity index (χ1) is 17.2. The van der Waals surface area contributed by atoms with Crippen molar-refractivity contribution in [1.29, 1.82) is 0 Å². The third-order valence-electron chi connectivity index (χ3n) is 5.27. The van der Waals surface area contributed by atoms with E-state index in [1.807, 2.05) is 36.7 Å². The highest BCUT2D eigenvalue weighted by atomic mass is 19.4. The number of alkyl halides is 6. The number of aliphatic carboxylic acids is 2. The molecular formula is C22H23F6N3O6. The van der Waals surface area contributed by atoms with Gasteiger partial charge in [0.25, 0.3) is 0 Å². The molecule has 1 atom stereocenters. The Kier molecular flexibility index (Phi) is 10.2. The fraction of sp³-hybridized carbons (Fsp3) is 0.455. The number of carboxylic acids is 2. The van der Waals surface area contributed by atoms with Gasteiger partial charge < -0.3 is 19.7 Å². The molecule has 2 saturated heterocycles. The first kappa shape index (κ1) is 29.8. The topological polar surface area (TPSA) is 122 Å². The number of hydrogen-bond donors (Lipinski definition) is 2. The Balaban J connectivity index is 0.000000286. The van der Waals surface area contributed by atoms with Crippen LogP contribution in [-0.2, 0) is 20.9 Å². The van der Waals surface area contributed by atoms with Crippen LogP contribution in [0.1, 0.15) is 12.0 Å². The number of ether oxygens (including phenoxy) is 2. The molecule has 0 bridgehead atoms. The van der Waals surface area contributed by atoms with E-state index in [-0.39, 0.29) is 5.60 Å². The fourth-order valence-corrected chi connectivity index (χ4v) is 3.56. The molecule has 2 aromatic heterocycles. The predicted octanol–water partition coefficient (Wildman–Crippen LogP) is 3.41. The number of likely N-dealkylation sites (tertiary alicyclic amines) is 1. The molecule has 0 aromatic carbocycles. The third kappa shape index (κ3) is 9.49. The maximum absolute atomic E-state index is 10.6. The van der Waals surface area contributed by atoms with Crippen molar-refractivity contribution in [2.24, 2.45) is 5.92 Å². The maximum Gasteiger partial charge on any atom is 0.490 e. The summed E-state index contributed by atoms with van der Waals surface area (Å²) < 4.78 is 75.4. The van der Waals surface area contributed by atoms with E-state index in [0.717, 1.165) is 32.7 Å². The normalized spacial score (nSPS) is 18.5. The molecular weight excluding hydrogens is 516 g/mol. The molecule has 0 radical (unpaired) electrons. The van der Waals surface area contributed by atoms with Crippen molar-refractivity contribution in [3.8, 4) is 5.88 Å². The summed E-state index contributed by atoms with van der Waals surface area (Å²) in [6.45, 7) is 4.39. The van der Waals surface area contributed by atoms with E-state index >= 15 is 0 Å². The summed E-state index contributed by atoms with van der Waals surface area (Å²) in [4.78, 5) is 28.6. The number of carboxylic acid groups (broad SMARTS) is 2. The average Bonchev–Trinajstić information content (AvgIpc) is 3.22. The SMILES string of the molecule is O=C(O)C(F)(F)F.O=C(O)C(F)(F)F.c1ccc(OCC2CCOC23CN(Cc2cccnc2)C3)nc1. The molecule has 0 aliphatic carbocycles. The van der Waals surface area contributed by atoms with Gasteiger partial charge in [0, 0.05) is 56.8 Å². The largest absolute Gasteiger partial charge is 0.490 e. The van der Waals surface area contributed by atoms with Gasteiger partial charge in [0.05, 0.1) is 12.2 Å². The van der Waals surface area contributed by atoms with Gasteiger partial charge >= 0.3 is 24.3 Å². The van der Waals surface area contributed by atoms with Crippen molar-refractivity contribution in [2.45, 2.75) is 30.9 Å². The van der Waals surface area contributed by atoms with Gasteiger partial charge in [0.1, 0.15) is 0 Å². The summed E-state index contributed by atoms with van der Waals surface area (Å²) in [5.74, 6) is -4.38. The van der Waals surface area contributed by atoms with Gasteiger partial charge in [0.2, 0.25) is 5.88 Å². The molecule has 4 heterocycles. The number of pyridine rings is 2. The molecule has 37 heavy (non-hydrogen) atoms. The zero-order valence-corrected chi connectivity index (χ0v) is 19.1. The average molecular weight is 539 g/mol. The minimum absolute atomic E-state index is 0.0308. The number of rotatable bonds is 5. The molecule has 204 valence electrons. The van der Waals surface area contributed by atoms with Gasteiger partial charge in [-0.3, -0.25) is 9.88 Å². The van der Waals surface area contributed by atoms with E-state index in [9.17, 15) is 26.3 Å². The van der Waals surface area contributed by atoms with Crippen LogP contribution < -0.4 is 4.74 Å². The number of carbonyl (C=O) groups is 2. The Hall–Kier alpha value is -3.46. The third-order valence-corrected chi connectivity index (χ3v) is 5.27. The minimum atomic E-state index is -5.08. The smallest absolute Gasteiger partial charge is 0.477 e. The lowest BCUT2D eigenvalue weighted by atomic mass is 9.81. The standard InChI is InChI=1S/C18H21N3O2.2C2HF3O2/c1-2-8-20-17(5-1)22-12-16-6-9-23-18(16)13-21(14-18)11-15-4-3-7-19-10-15;2*3-2(4,5)1(6)7/h1-5,7-8,10,16H,6,9,11-14H2;2*(H,6,7). The van der Waals surface area contributed by atoms with Gasteiger partial charge in [-0.2, -0.15) is 26.3 Å². The molecule has 2 N–H and O–H groups in total. The summed E-state index contributed by atoms with van der Waals surface area (Å²) in [5.41, 5.74) is 1.22. The monoisotopic (exact) mass is 539 g/mol. The van der Waals surface area contributed by atoms with Crippen LogP contribution in [0.25, 0.3) is 0 Å². The van der Waals surface area contributed by atoms with Crippen molar-refractivity contribution in [3.05, 3.63) is 54.5 Å². The lowest BCUT2D eigenvalue weighted by molar-refractivity contribution is -0.193. The van der Waals surface area contributed by atoms with Crippen LogP contribution in [0.15, 0.2) is 48.9 Å². The Morgan fingerprint density at radius 3 is 2.14 bits per heavy atom. The molecule has 9 nitrogen and oxygen atoms in total. The van der Waals surface area contributed by atoms with Gasteiger partial charge in [-0.1, -0.05) is 12.1 Å². The first-order valence-corrected chi connectivity index (χ1v) is 10.6. The van der Waals surface area contributed by atoms with Gasteiger partial charge in [-0.15, -0.1) is 0 Å². The number of halogens is 6. The van der Waals surface area contributed by atoms with Crippen molar-refractivity contribution in [3.63, 3.8) is 0 Å². The van der Waals surface area contributed by atoms with E-state index in [2.05, 4.69) is 20.9 Å². The second-order valence-corrected chi connectivity index (χ2v) is 7.99. The summed E-state index contributed by atoms with van der Waals surface area (Å²) in [6.07, 6.45) is -3.60. The summed E-state index contributed by atoms with van der Waals surface area (Å²) in [6, 6.07) is 9.85. The van der Waals surface area contributed by atoms with Crippen molar-refractivity contribution < 1.29 is 55.6 Å². The Labute approximate surface area is 206 Å². The molecule has 2 aromatic rings. The molecule has 0 saturated carbocycles. The molecule has 2 fully saturated rings. The van der Waals surface area contributed by atoms with Crippen LogP contribution in [-0.4, -0.2) is 81.3 Å². The fourth-order valence-electron chi connectivity index (χ4n) is 3.56. The van der Waals surface area contributed by atoms with Gasteiger partial charge in [0.15, 0.2) is 0 Å². The van der Waals surface area contributed by atoms with E-state index in [1.165, 1.54) is 5.56 Å². The second-order valence-electron chi connectivity index (χ2n) is 7.99. The molecule has 1 unspecified atom stereocenters. The van der Waals surface area contributed by atoms with Crippen LogP contribution in [0.4, 0.5) is 26.3 Å². The van der Waals surface area contributed by atoms with Crippen LogP contribution in [0.5, 0.6) is 5.88 Å². The molecule has 0 amide bonds. The molecule has 2 aliphatic rings. The highest BCUT2D eigenvalue weighted by Crippen LogP contribution is 2.40. The zero-order chi connectivity index (χ0) is 27.7. The maximum atomic E-state index is 10.6. The number of hydrogen-bond acceptors (Lipinski definition) is 7. The highest BCUT2D eigenvalue weighted by Gasteiger charge is 2.53. The second kappa shape index (κ2) is 12.7. The first-order valence-electron chi connectivity index (χ1n) is 10.6. The lowest BCUT2D eigenvalue weighted by Crippen LogP contribution is -2.64. The van der Waals surface area contributed by atoms with Crippen LogP contribution in [0.3, 0.4) is 0 Å². The zero-order valence-electron chi connectivity index (χ0n) is 19.1.